The van der Waals surface area contributed by atoms with Crippen molar-refractivity contribution in [1.29, 1.82) is 0 Å². The molecule has 2 amide bonds. The summed E-state index contributed by atoms with van der Waals surface area (Å²) in [7, 11) is 0. The minimum absolute atomic E-state index is 0.0566. The number of rotatable bonds is 6. The highest BCUT2D eigenvalue weighted by molar-refractivity contribution is 7.13. The Morgan fingerprint density at radius 1 is 1.07 bits per heavy atom. The molecule has 1 aliphatic heterocycles. The standard InChI is InChI=1S/C23H26N4O2S/c1-2-29-21-10-8-19(9-11-21)25-23(28)27-14-12-26(13-15-27)16-20-17-30-22(24-20)18-6-4-3-5-7-18/h3-11,17H,2,12-16H2,1H3,(H,25,28). The molecular weight excluding hydrogens is 396 g/mol. The van der Waals surface area contributed by atoms with E-state index in [2.05, 4.69) is 27.7 Å². The molecule has 1 saturated heterocycles. The van der Waals surface area contributed by atoms with Crippen molar-refractivity contribution < 1.29 is 9.53 Å². The van der Waals surface area contributed by atoms with Gasteiger partial charge in [0.15, 0.2) is 0 Å². The number of nitrogens with zero attached hydrogens (tertiary/aromatic N) is 3. The molecule has 3 aromatic rings. The second-order valence-corrected chi connectivity index (χ2v) is 8.02. The van der Waals surface area contributed by atoms with Crippen LogP contribution < -0.4 is 10.1 Å². The van der Waals surface area contributed by atoms with E-state index >= 15 is 0 Å². The molecular formula is C23H26N4O2S. The SMILES string of the molecule is CCOc1ccc(NC(=O)N2CCN(Cc3csc(-c4ccccc4)n3)CC2)cc1. The Balaban J connectivity index is 1.25. The minimum atomic E-state index is -0.0566. The molecule has 1 N–H and O–H groups in total. The van der Waals surface area contributed by atoms with Gasteiger partial charge in [-0.25, -0.2) is 9.78 Å². The maximum Gasteiger partial charge on any atom is 0.321 e. The van der Waals surface area contributed by atoms with E-state index in [9.17, 15) is 4.79 Å². The fraction of sp³-hybridized carbons (Fsp3) is 0.304. The summed E-state index contributed by atoms with van der Waals surface area (Å²) in [6.45, 7) is 6.50. The Kier molecular flexibility index (Phi) is 6.61. The molecule has 7 heteroatoms. The molecule has 1 aliphatic rings. The quantitative estimate of drug-likeness (QED) is 0.633. The molecule has 0 saturated carbocycles. The molecule has 0 atom stereocenters. The highest BCUT2D eigenvalue weighted by atomic mass is 32.1. The fourth-order valence-corrected chi connectivity index (χ4v) is 4.25. The number of piperazine rings is 1. The Labute approximate surface area is 181 Å². The number of carbonyl (C=O) groups excluding carboxylic acids is 1. The lowest BCUT2D eigenvalue weighted by Gasteiger charge is -2.34. The lowest BCUT2D eigenvalue weighted by Crippen LogP contribution is -2.49. The van der Waals surface area contributed by atoms with E-state index in [0.717, 1.165) is 47.3 Å². The number of anilines is 1. The normalized spacial score (nSPS) is 14.5. The van der Waals surface area contributed by atoms with E-state index in [1.165, 1.54) is 0 Å². The maximum atomic E-state index is 12.6. The summed E-state index contributed by atoms with van der Waals surface area (Å²) < 4.78 is 5.44. The number of benzene rings is 2. The van der Waals surface area contributed by atoms with Gasteiger partial charge in [-0.15, -0.1) is 11.3 Å². The Morgan fingerprint density at radius 3 is 2.50 bits per heavy atom. The van der Waals surface area contributed by atoms with Gasteiger partial charge in [-0.05, 0) is 31.2 Å². The molecule has 0 bridgehead atoms. The number of hydrogen-bond acceptors (Lipinski definition) is 5. The zero-order chi connectivity index (χ0) is 20.8. The zero-order valence-electron chi connectivity index (χ0n) is 17.1. The van der Waals surface area contributed by atoms with Gasteiger partial charge in [0.05, 0.1) is 12.3 Å². The van der Waals surface area contributed by atoms with Crippen LogP contribution in [0.5, 0.6) is 5.75 Å². The van der Waals surface area contributed by atoms with Gasteiger partial charge in [0.2, 0.25) is 0 Å². The molecule has 1 aromatic heterocycles. The summed E-state index contributed by atoms with van der Waals surface area (Å²) in [6.07, 6.45) is 0. The smallest absolute Gasteiger partial charge is 0.321 e. The number of amides is 2. The topological polar surface area (TPSA) is 57.7 Å². The summed E-state index contributed by atoms with van der Waals surface area (Å²) in [4.78, 5) is 21.6. The van der Waals surface area contributed by atoms with Gasteiger partial charge in [-0.2, -0.15) is 0 Å². The molecule has 2 heterocycles. The molecule has 4 rings (SSSR count). The van der Waals surface area contributed by atoms with Crippen molar-refractivity contribution in [3.8, 4) is 16.3 Å². The van der Waals surface area contributed by atoms with Gasteiger partial charge in [0.1, 0.15) is 10.8 Å². The number of urea groups is 1. The van der Waals surface area contributed by atoms with Crippen LogP contribution >= 0.6 is 11.3 Å². The van der Waals surface area contributed by atoms with Crippen molar-refractivity contribution in [2.24, 2.45) is 0 Å². The highest BCUT2D eigenvalue weighted by Gasteiger charge is 2.22. The number of carbonyl (C=O) groups is 1. The van der Waals surface area contributed by atoms with Gasteiger partial charge in [0.25, 0.3) is 0 Å². The van der Waals surface area contributed by atoms with Crippen molar-refractivity contribution in [3.05, 3.63) is 65.7 Å². The van der Waals surface area contributed by atoms with Crippen molar-refractivity contribution in [2.75, 3.05) is 38.1 Å². The predicted octanol–water partition coefficient (Wildman–Crippen LogP) is 4.56. The van der Waals surface area contributed by atoms with E-state index in [-0.39, 0.29) is 6.03 Å². The van der Waals surface area contributed by atoms with Crippen LogP contribution in [0.3, 0.4) is 0 Å². The zero-order valence-corrected chi connectivity index (χ0v) is 17.9. The van der Waals surface area contributed by atoms with Crippen molar-refractivity contribution >= 4 is 23.1 Å². The van der Waals surface area contributed by atoms with Crippen LogP contribution in [-0.2, 0) is 6.54 Å². The minimum Gasteiger partial charge on any atom is -0.494 e. The Hall–Kier alpha value is -2.90. The Morgan fingerprint density at radius 2 is 1.80 bits per heavy atom. The summed E-state index contributed by atoms with van der Waals surface area (Å²) in [5.74, 6) is 0.807. The molecule has 2 aromatic carbocycles. The number of hydrogen-bond donors (Lipinski definition) is 1. The first kappa shape index (κ1) is 20.4. The van der Waals surface area contributed by atoms with Gasteiger partial charge in [0, 0.05) is 49.4 Å². The van der Waals surface area contributed by atoms with E-state index in [1.54, 1.807) is 11.3 Å². The molecule has 1 fully saturated rings. The molecule has 0 aliphatic carbocycles. The third-order valence-corrected chi connectivity index (χ3v) is 5.97. The summed E-state index contributed by atoms with van der Waals surface area (Å²) in [5, 5.41) is 6.16. The van der Waals surface area contributed by atoms with Crippen molar-refractivity contribution in [1.82, 2.24) is 14.8 Å². The first-order chi connectivity index (χ1) is 14.7. The first-order valence-corrected chi connectivity index (χ1v) is 11.1. The molecule has 156 valence electrons. The molecule has 6 nitrogen and oxygen atoms in total. The summed E-state index contributed by atoms with van der Waals surface area (Å²) in [5.41, 5.74) is 3.03. The third-order valence-electron chi connectivity index (χ3n) is 5.03. The summed E-state index contributed by atoms with van der Waals surface area (Å²) in [6, 6.07) is 17.7. The average molecular weight is 423 g/mol. The number of nitrogens with one attached hydrogen (secondary N) is 1. The van der Waals surface area contributed by atoms with Crippen LogP contribution in [0.2, 0.25) is 0 Å². The van der Waals surface area contributed by atoms with Crippen molar-refractivity contribution in [3.63, 3.8) is 0 Å². The summed E-state index contributed by atoms with van der Waals surface area (Å²) >= 11 is 1.68. The van der Waals surface area contributed by atoms with Crippen LogP contribution in [0.1, 0.15) is 12.6 Å². The number of ether oxygens (including phenoxy) is 1. The lowest BCUT2D eigenvalue weighted by atomic mass is 10.2. The largest absolute Gasteiger partial charge is 0.494 e. The van der Waals surface area contributed by atoms with Crippen LogP contribution in [-0.4, -0.2) is 53.6 Å². The molecule has 0 radical (unpaired) electrons. The lowest BCUT2D eigenvalue weighted by molar-refractivity contribution is 0.142. The second-order valence-electron chi connectivity index (χ2n) is 7.16. The van der Waals surface area contributed by atoms with Gasteiger partial charge in [-0.3, -0.25) is 4.90 Å². The van der Waals surface area contributed by atoms with Crippen LogP contribution in [0.4, 0.5) is 10.5 Å². The van der Waals surface area contributed by atoms with E-state index in [1.807, 2.05) is 54.3 Å². The number of thiazole rings is 1. The van der Waals surface area contributed by atoms with E-state index < -0.39 is 0 Å². The maximum absolute atomic E-state index is 12.6. The van der Waals surface area contributed by atoms with Crippen LogP contribution in [0, 0.1) is 0 Å². The molecule has 0 unspecified atom stereocenters. The van der Waals surface area contributed by atoms with E-state index in [0.29, 0.717) is 19.7 Å². The molecule has 30 heavy (non-hydrogen) atoms. The Bertz CT molecular complexity index is 951. The first-order valence-electron chi connectivity index (χ1n) is 10.2. The van der Waals surface area contributed by atoms with E-state index in [4.69, 9.17) is 9.72 Å². The van der Waals surface area contributed by atoms with Gasteiger partial charge in [-0.1, -0.05) is 30.3 Å². The third kappa shape index (κ3) is 5.17. The average Bonchev–Trinajstić information content (AvgIpc) is 3.25. The van der Waals surface area contributed by atoms with Crippen molar-refractivity contribution in [2.45, 2.75) is 13.5 Å². The monoisotopic (exact) mass is 422 g/mol. The highest BCUT2D eigenvalue weighted by Crippen LogP contribution is 2.24. The van der Waals surface area contributed by atoms with Crippen LogP contribution in [0.15, 0.2) is 60.0 Å². The van der Waals surface area contributed by atoms with Crippen LogP contribution in [0.25, 0.3) is 10.6 Å². The van der Waals surface area contributed by atoms with Gasteiger partial charge >= 0.3 is 6.03 Å². The number of aromatic nitrogens is 1. The second kappa shape index (κ2) is 9.73. The fourth-order valence-electron chi connectivity index (χ4n) is 3.43. The van der Waals surface area contributed by atoms with Gasteiger partial charge < -0.3 is 15.0 Å². The molecule has 0 spiro atoms. The predicted molar refractivity (Wildman–Crippen MR) is 121 cm³/mol.